The summed E-state index contributed by atoms with van der Waals surface area (Å²) in [4.78, 5) is 2.63. The molecule has 2 aliphatic carbocycles. The monoisotopic (exact) mass is 314 g/mol. The Labute approximate surface area is 140 Å². The number of benzene rings is 1. The molecule has 23 heavy (non-hydrogen) atoms. The fourth-order valence-corrected chi connectivity index (χ4v) is 4.29. The van der Waals surface area contributed by atoms with Crippen molar-refractivity contribution in [1.29, 1.82) is 0 Å². The van der Waals surface area contributed by atoms with Gasteiger partial charge >= 0.3 is 0 Å². The van der Waals surface area contributed by atoms with E-state index in [2.05, 4.69) is 54.4 Å². The van der Waals surface area contributed by atoms with Gasteiger partial charge in [0.2, 0.25) is 0 Å². The summed E-state index contributed by atoms with van der Waals surface area (Å²) in [5.74, 6) is 0.746. The van der Waals surface area contributed by atoms with Gasteiger partial charge in [0, 0.05) is 38.1 Å². The molecule has 3 heteroatoms. The predicted octanol–water partition coefficient (Wildman–Crippen LogP) is 3.02. The molecule has 3 nitrogen and oxygen atoms in total. The fraction of sp³-hybridized carbons (Fsp3) is 0.700. The van der Waals surface area contributed by atoms with Gasteiger partial charge in [0.1, 0.15) is 0 Å². The lowest BCUT2D eigenvalue weighted by molar-refractivity contribution is -0.0725. The number of nitrogens with zero attached hydrogens (tertiary/aromatic N) is 1. The molecule has 1 aliphatic heterocycles. The fourth-order valence-electron chi connectivity index (χ4n) is 4.29. The van der Waals surface area contributed by atoms with Gasteiger partial charge in [-0.05, 0) is 44.1 Å². The van der Waals surface area contributed by atoms with Crippen molar-refractivity contribution in [2.75, 3.05) is 26.2 Å². The Bertz CT molecular complexity index is 518. The van der Waals surface area contributed by atoms with Crippen LogP contribution in [0.3, 0.4) is 0 Å². The summed E-state index contributed by atoms with van der Waals surface area (Å²) in [6.45, 7) is 9.05. The summed E-state index contributed by atoms with van der Waals surface area (Å²) in [5, 5.41) is 3.86. The minimum Gasteiger partial charge on any atom is -0.373 e. The molecule has 1 saturated heterocycles. The second-order valence-corrected chi connectivity index (χ2v) is 8.19. The average molecular weight is 314 g/mol. The first-order chi connectivity index (χ1) is 11.1. The van der Waals surface area contributed by atoms with Gasteiger partial charge in [0.05, 0.1) is 12.2 Å². The summed E-state index contributed by atoms with van der Waals surface area (Å²) in [5.41, 5.74) is 2.05. The van der Waals surface area contributed by atoms with E-state index < -0.39 is 0 Å². The lowest BCUT2D eigenvalue weighted by Gasteiger charge is -2.37. The molecule has 1 aromatic rings. The van der Waals surface area contributed by atoms with Crippen molar-refractivity contribution < 1.29 is 4.74 Å². The van der Waals surface area contributed by atoms with Crippen LogP contribution in [-0.4, -0.2) is 49.3 Å². The highest BCUT2D eigenvalue weighted by atomic mass is 16.5. The summed E-state index contributed by atoms with van der Waals surface area (Å²) >= 11 is 0. The molecular formula is C20H30N2O. The molecule has 4 atom stereocenters. The summed E-state index contributed by atoms with van der Waals surface area (Å²) < 4.78 is 5.87. The van der Waals surface area contributed by atoms with E-state index in [0.717, 1.165) is 19.0 Å². The quantitative estimate of drug-likeness (QED) is 0.873. The van der Waals surface area contributed by atoms with E-state index in [1.54, 1.807) is 0 Å². The number of ether oxygens (including phenoxy) is 1. The SMILES string of the molecule is C[C@@H]1CN(CC2(CNC3C[C@@H]3c3ccccc3)CC2)C[C@H](C)O1. The van der Waals surface area contributed by atoms with Crippen LogP contribution in [0.5, 0.6) is 0 Å². The zero-order valence-electron chi connectivity index (χ0n) is 14.5. The van der Waals surface area contributed by atoms with Crippen LogP contribution in [-0.2, 0) is 4.74 Å². The van der Waals surface area contributed by atoms with Crippen LogP contribution in [0, 0.1) is 5.41 Å². The van der Waals surface area contributed by atoms with Crippen molar-refractivity contribution in [3.05, 3.63) is 35.9 Å². The Morgan fingerprint density at radius 2 is 1.83 bits per heavy atom. The second-order valence-electron chi connectivity index (χ2n) is 8.19. The molecule has 1 N–H and O–H groups in total. The molecule has 0 bridgehead atoms. The van der Waals surface area contributed by atoms with Crippen molar-refractivity contribution in [3.63, 3.8) is 0 Å². The molecule has 0 aromatic heterocycles. The van der Waals surface area contributed by atoms with Gasteiger partial charge in [-0.15, -0.1) is 0 Å². The lowest BCUT2D eigenvalue weighted by Crippen LogP contribution is -2.48. The largest absolute Gasteiger partial charge is 0.373 e. The van der Waals surface area contributed by atoms with Gasteiger partial charge in [0.15, 0.2) is 0 Å². The van der Waals surface area contributed by atoms with E-state index in [0.29, 0.717) is 23.7 Å². The van der Waals surface area contributed by atoms with Gasteiger partial charge in [0.25, 0.3) is 0 Å². The van der Waals surface area contributed by atoms with Gasteiger partial charge in [-0.1, -0.05) is 30.3 Å². The highest BCUT2D eigenvalue weighted by molar-refractivity contribution is 5.27. The first-order valence-electron chi connectivity index (χ1n) is 9.30. The molecule has 4 rings (SSSR count). The molecule has 2 saturated carbocycles. The van der Waals surface area contributed by atoms with Crippen LogP contribution >= 0.6 is 0 Å². The molecule has 3 aliphatic rings. The average Bonchev–Trinajstić information content (AvgIpc) is 3.41. The van der Waals surface area contributed by atoms with E-state index in [1.165, 1.54) is 37.9 Å². The van der Waals surface area contributed by atoms with E-state index in [-0.39, 0.29) is 0 Å². The molecule has 3 fully saturated rings. The number of morpholine rings is 1. The highest BCUT2D eigenvalue weighted by Crippen LogP contribution is 2.48. The summed E-state index contributed by atoms with van der Waals surface area (Å²) in [6.07, 6.45) is 4.86. The van der Waals surface area contributed by atoms with Gasteiger partial charge in [-0.3, -0.25) is 4.90 Å². The third kappa shape index (κ3) is 3.78. The van der Waals surface area contributed by atoms with Crippen LogP contribution in [0.4, 0.5) is 0 Å². The van der Waals surface area contributed by atoms with Gasteiger partial charge < -0.3 is 10.1 Å². The summed E-state index contributed by atoms with van der Waals surface area (Å²) in [7, 11) is 0. The number of hydrogen-bond donors (Lipinski definition) is 1. The number of nitrogens with one attached hydrogen (secondary N) is 1. The van der Waals surface area contributed by atoms with Crippen molar-refractivity contribution in [1.82, 2.24) is 10.2 Å². The maximum Gasteiger partial charge on any atom is 0.0678 e. The third-order valence-electron chi connectivity index (χ3n) is 5.77. The molecule has 1 unspecified atom stereocenters. The second kappa shape index (κ2) is 6.19. The normalized spacial score (nSPS) is 35.9. The first kappa shape index (κ1) is 15.6. The Balaban J connectivity index is 1.25. The zero-order chi connectivity index (χ0) is 15.9. The topological polar surface area (TPSA) is 24.5 Å². The van der Waals surface area contributed by atoms with Crippen molar-refractivity contribution in [3.8, 4) is 0 Å². The molecule has 0 spiro atoms. The van der Waals surface area contributed by atoms with Gasteiger partial charge in [-0.2, -0.15) is 0 Å². The molecule has 0 amide bonds. The standard InChI is InChI=1S/C20H30N2O/c1-15-11-22(12-16(2)23-15)14-20(8-9-20)13-21-19-10-18(19)17-6-4-3-5-7-17/h3-7,15-16,18-19,21H,8-14H2,1-2H3/t15-,16+,18-,19?/m1/s1. The molecule has 1 aromatic carbocycles. The molecule has 0 radical (unpaired) electrons. The van der Waals surface area contributed by atoms with E-state index >= 15 is 0 Å². The third-order valence-corrected chi connectivity index (χ3v) is 5.77. The minimum absolute atomic E-state index is 0.383. The Kier molecular flexibility index (Phi) is 4.21. The van der Waals surface area contributed by atoms with Crippen molar-refractivity contribution >= 4 is 0 Å². The molecule has 1 heterocycles. The van der Waals surface area contributed by atoms with Crippen LogP contribution in [0.1, 0.15) is 44.6 Å². The van der Waals surface area contributed by atoms with E-state index in [9.17, 15) is 0 Å². The van der Waals surface area contributed by atoms with Crippen LogP contribution in [0.25, 0.3) is 0 Å². The van der Waals surface area contributed by atoms with Crippen LogP contribution < -0.4 is 5.32 Å². The number of rotatable bonds is 6. The molecular weight excluding hydrogens is 284 g/mol. The van der Waals surface area contributed by atoms with Crippen molar-refractivity contribution in [2.24, 2.45) is 5.41 Å². The smallest absolute Gasteiger partial charge is 0.0678 e. The predicted molar refractivity (Wildman–Crippen MR) is 93.7 cm³/mol. The Morgan fingerprint density at radius 1 is 1.13 bits per heavy atom. The maximum absolute atomic E-state index is 5.87. The zero-order valence-corrected chi connectivity index (χ0v) is 14.5. The Morgan fingerprint density at radius 3 is 2.48 bits per heavy atom. The number of hydrogen-bond acceptors (Lipinski definition) is 3. The van der Waals surface area contributed by atoms with Crippen LogP contribution in [0.2, 0.25) is 0 Å². The first-order valence-corrected chi connectivity index (χ1v) is 9.30. The summed E-state index contributed by atoms with van der Waals surface area (Å²) in [6, 6.07) is 11.7. The maximum atomic E-state index is 5.87. The lowest BCUT2D eigenvalue weighted by atomic mass is 10.0. The van der Waals surface area contributed by atoms with E-state index in [1.807, 2.05) is 0 Å². The van der Waals surface area contributed by atoms with Crippen molar-refractivity contribution in [2.45, 2.75) is 57.3 Å². The minimum atomic E-state index is 0.383. The molecule has 126 valence electrons. The Hall–Kier alpha value is -0.900. The highest BCUT2D eigenvalue weighted by Gasteiger charge is 2.47. The van der Waals surface area contributed by atoms with Crippen LogP contribution in [0.15, 0.2) is 30.3 Å². The van der Waals surface area contributed by atoms with Gasteiger partial charge in [-0.25, -0.2) is 0 Å². The van der Waals surface area contributed by atoms with E-state index in [4.69, 9.17) is 4.74 Å².